The zero-order valence-corrected chi connectivity index (χ0v) is 30.6. The van der Waals surface area contributed by atoms with Gasteiger partial charge in [-0.3, -0.25) is 5.41 Å². The lowest BCUT2D eigenvalue weighted by Gasteiger charge is -2.11. The standard InChI is InChI=1S/C51H33N3S/c52-50(36-23-21-34(22-24-36)33-11-2-1-3-12-33)54-51(40-16-10-15-37(29-40)38-26-28-49-46(30-38)44-19-8-9-20-48(44)55-49)53-32-47-42-18-7-5-14-39(42)31-45-41-17-6-4-13-35(41)25-27-43(45)47/h1-32,52H. The maximum atomic E-state index is 9.23. The van der Waals surface area contributed by atoms with Crippen LogP contribution in [0.2, 0.25) is 0 Å². The van der Waals surface area contributed by atoms with Crippen LogP contribution >= 0.6 is 11.3 Å². The third kappa shape index (κ3) is 6.09. The van der Waals surface area contributed by atoms with Crippen LogP contribution in [-0.4, -0.2) is 17.9 Å². The molecule has 0 saturated heterocycles. The van der Waals surface area contributed by atoms with Crippen LogP contribution in [0.1, 0.15) is 16.7 Å². The summed E-state index contributed by atoms with van der Waals surface area (Å²) in [5, 5.41) is 18.7. The van der Waals surface area contributed by atoms with Gasteiger partial charge >= 0.3 is 0 Å². The van der Waals surface area contributed by atoms with Crippen molar-refractivity contribution in [1.82, 2.24) is 0 Å². The highest BCUT2D eigenvalue weighted by Gasteiger charge is 2.13. The van der Waals surface area contributed by atoms with E-state index in [1.54, 1.807) is 0 Å². The van der Waals surface area contributed by atoms with E-state index in [0.29, 0.717) is 5.84 Å². The highest BCUT2D eigenvalue weighted by Crippen LogP contribution is 2.37. The summed E-state index contributed by atoms with van der Waals surface area (Å²) in [6.45, 7) is 0. The van der Waals surface area contributed by atoms with E-state index in [1.165, 1.54) is 36.3 Å². The molecule has 0 atom stereocenters. The maximum absolute atomic E-state index is 9.23. The van der Waals surface area contributed by atoms with Gasteiger partial charge in [-0.25, -0.2) is 9.98 Å². The quantitative estimate of drug-likeness (QED) is 0.0797. The number of fused-ring (bicyclic) bond motifs is 7. The first-order valence-corrected chi connectivity index (χ1v) is 19.2. The Labute approximate surface area is 322 Å². The van der Waals surface area contributed by atoms with E-state index < -0.39 is 0 Å². The monoisotopic (exact) mass is 719 g/mol. The van der Waals surface area contributed by atoms with Gasteiger partial charge in [0.25, 0.3) is 0 Å². The van der Waals surface area contributed by atoms with Crippen LogP contribution < -0.4 is 0 Å². The second-order valence-electron chi connectivity index (χ2n) is 13.8. The summed E-state index contributed by atoms with van der Waals surface area (Å²) in [5.74, 6) is 0.625. The fourth-order valence-corrected chi connectivity index (χ4v) is 8.74. The Morgan fingerprint density at radius 2 is 1.07 bits per heavy atom. The van der Waals surface area contributed by atoms with Gasteiger partial charge in [0.2, 0.25) is 0 Å². The zero-order valence-electron chi connectivity index (χ0n) is 29.8. The molecule has 0 fully saturated rings. The normalized spacial score (nSPS) is 12.1. The molecule has 1 heterocycles. The maximum Gasteiger partial charge on any atom is 0.161 e. The molecule has 0 unspecified atom stereocenters. The van der Waals surface area contributed by atoms with Crippen molar-refractivity contribution in [3.8, 4) is 22.3 Å². The summed E-state index contributed by atoms with van der Waals surface area (Å²) >= 11 is 1.82. The van der Waals surface area contributed by atoms with Crippen molar-refractivity contribution in [3.63, 3.8) is 0 Å². The smallest absolute Gasteiger partial charge is 0.161 e. The molecule has 10 rings (SSSR count). The first-order chi connectivity index (χ1) is 27.2. The van der Waals surface area contributed by atoms with E-state index in [2.05, 4.69) is 152 Å². The van der Waals surface area contributed by atoms with Gasteiger partial charge in [0.05, 0.1) is 0 Å². The van der Waals surface area contributed by atoms with E-state index in [0.717, 1.165) is 55.1 Å². The van der Waals surface area contributed by atoms with E-state index in [-0.39, 0.29) is 5.84 Å². The van der Waals surface area contributed by atoms with Crippen molar-refractivity contribution in [1.29, 1.82) is 5.41 Å². The first kappa shape index (κ1) is 32.6. The second-order valence-corrected chi connectivity index (χ2v) is 14.9. The summed E-state index contributed by atoms with van der Waals surface area (Å²) in [6.07, 6.45) is 1.94. The fraction of sp³-hybridized carbons (Fsp3) is 0. The Bertz CT molecular complexity index is 3150. The second kappa shape index (κ2) is 13.8. The number of hydrogen-bond acceptors (Lipinski definition) is 2. The molecule has 1 N–H and O–H groups in total. The number of hydrogen-bond donors (Lipinski definition) is 1. The van der Waals surface area contributed by atoms with Crippen LogP contribution in [0.25, 0.3) is 74.7 Å². The molecule has 0 saturated carbocycles. The van der Waals surface area contributed by atoms with E-state index in [9.17, 15) is 5.41 Å². The van der Waals surface area contributed by atoms with E-state index >= 15 is 0 Å². The summed E-state index contributed by atoms with van der Waals surface area (Å²) in [7, 11) is 0. The van der Waals surface area contributed by atoms with Crippen LogP contribution in [0, 0.1) is 5.41 Å². The first-order valence-electron chi connectivity index (χ1n) is 18.4. The highest BCUT2D eigenvalue weighted by atomic mass is 32.1. The van der Waals surface area contributed by atoms with Crippen LogP contribution in [0.15, 0.2) is 198 Å². The zero-order chi connectivity index (χ0) is 36.7. The van der Waals surface area contributed by atoms with Crippen LogP contribution in [0.3, 0.4) is 0 Å². The predicted octanol–water partition coefficient (Wildman–Crippen LogP) is 13.7. The lowest BCUT2D eigenvalue weighted by molar-refractivity contribution is 1.40. The highest BCUT2D eigenvalue weighted by molar-refractivity contribution is 7.25. The van der Waals surface area contributed by atoms with Crippen LogP contribution in [0.5, 0.6) is 0 Å². The molecule has 0 aliphatic carbocycles. The Hall–Kier alpha value is -7.01. The topological polar surface area (TPSA) is 48.6 Å². The van der Waals surface area contributed by atoms with Gasteiger partial charge in [-0.05, 0) is 84.9 Å². The van der Waals surface area contributed by atoms with Crippen molar-refractivity contribution in [2.45, 2.75) is 0 Å². The minimum atomic E-state index is 0.150. The Morgan fingerprint density at radius 1 is 0.418 bits per heavy atom. The van der Waals surface area contributed by atoms with Crippen molar-refractivity contribution >= 4 is 81.7 Å². The number of benzene rings is 9. The molecule has 9 aromatic carbocycles. The summed E-state index contributed by atoms with van der Waals surface area (Å²) < 4.78 is 2.56. The van der Waals surface area contributed by atoms with Crippen LogP contribution in [-0.2, 0) is 0 Å². The number of nitrogens with zero attached hydrogens (tertiary/aromatic N) is 2. The van der Waals surface area contributed by atoms with Crippen molar-refractivity contribution in [2.75, 3.05) is 0 Å². The number of rotatable bonds is 5. The van der Waals surface area contributed by atoms with E-state index in [4.69, 9.17) is 9.98 Å². The molecule has 258 valence electrons. The minimum Gasteiger partial charge on any atom is -0.282 e. The summed E-state index contributed by atoms with van der Waals surface area (Å²) in [4.78, 5) is 10.1. The van der Waals surface area contributed by atoms with Crippen LogP contribution in [0.4, 0.5) is 0 Å². The number of nitrogens with one attached hydrogen (secondary N) is 1. The number of aliphatic imine (C=N–C) groups is 2. The molecule has 0 aliphatic rings. The fourth-order valence-electron chi connectivity index (χ4n) is 7.65. The van der Waals surface area contributed by atoms with Gasteiger partial charge in [-0.15, -0.1) is 11.3 Å². The molecular formula is C51H33N3S. The number of amidine groups is 2. The van der Waals surface area contributed by atoms with E-state index in [1.807, 2.05) is 53.9 Å². The van der Waals surface area contributed by atoms with Gasteiger partial charge in [-0.1, -0.05) is 158 Å². The molecule has 3 nitrogen and oxygen atoms in total. The molecule has 1 aromatic heterocycles. The minimum absolute atomic E-state index is 0.150. The molecule has 0 bridgehead atoms. The average Bonchev–Trinajstić information content (AvgIpc) is 3.63. The van der Waals surface area contributed by atoms with Gasteiger partial charge < -0.3 is 0 Å². The Balaban J connectivity index is 1.11. The Kier molecular flexibility index (Phi) is 8.16. The van der Waals surface area contributed by atoms with Gasteiger partial charge in [-0.2, -0.15) is 0 Å². The number of thiophene rings is 1. The molecule has 10 aromatic rings. The lowest BCUT2D eigenvalue weighted by Crippen LogP contribution is -2.05. The molecule has 4 heteroatoms. The Morgan fingerprint density at radius 3 is 1.93 bits per heavy atom. The third-order valence-corrected chi connectivity index (χ3v) is 11.6. The molecule has 0 radical (unpaired) electrons. The average molecular weight is 720 g/mol. The summed E-state index contributed by atoms with van der Waals surface area (Å²) in [6, 6.07) is 65.7. The molecular weight excluding hydrogens is 687 g/mol. The summed E-state index contributed by atoms with van der Waals surface area (Å²) in [5.41, 5.74) is 7.01. The van der Waals surface area contributed by atoms with Crippen molar-refractivity contribution in [3.05, 3.63) is 205 Å². The molecule has 0 amide bonds. The lowest BCUT2D eigenvalue weighted by atomic mass is 9.94. The van der Waals surface area contributed by atoms with Crippen molar-refractivity contribution in [2.24, 2.45) is 9.98 Å². The molecule has 0 aliphatic heterocycles. The third-order valence-electron chi connectivity index (χ3n) is 10.4. The van der Waals surface area contributed by atoms with Crippen molar-refractivity contribution < 1.29 is 0 Å². The molecule has 55 heavy (non-hydrogen) atoms. The SMILES string of the molecule is N=C(N=C(N=Cc1c2ccccc2cc2c1ccc1ccccc12)c1cccc(-c2ccc3sc4ccccc4c3c2)c1)c1ccc(-c2ccccc2)cc1. The molecule has 0 spiro atoms. The van der Waals surface area contributed by atoms with Gasteiger partial charge in [0, 0.05) is 43.1 Å². The van der Waals surface area contributed by atoms with Gasteiger partial charge in [0.15, 0.2) is 11.7 Å². The van der Waals surface area contributed by atoms with Gasteiger partial charge in [0.1, 0.15) is 0 Å². The predicted molar refractivity (Wildman–Crippen MR) is 237 cm³/mol. The largest absolute Gasteiger partial charge is 0.282 e.